The molecule has 0 aromatic carbocycles. The zero-order valence-electron chi connectivity index (χ0n) is 43.4. The molecule has 0 saturated heterocycles. The van der Waals surface area contributed by atoms with Crippen molar-refractivity contribution in [2.75, 3.05) is 19.8 Å². The molecule has 0 aliphatic rings. The third-order valence-electron chi connectivity index (χ3n) is 11.6. The first-order valence-electron chi connectivity index (χ1n) is 27.8. The molecule has 0 aromatic rings. The van der Waals surface area contributed by atoms with Gasteiger partial charge in [0, 0.05) is 19.4 Å². The topological polar surface area (TPSA) is 61.8 Å². The Hall–Kier alpha value is -3.18. The van der Waals surface area contributed by atoms with Gasteiger partial charge in [-0.3, -0.25) is 9.59 Å². The van der Waals surface area contributed by atoms with E-state index < -0.39 is 6.10 Å². The first-order chi connectivity index (χ1) is 32.6. The van der Waals surface area contributed by atoms with Crippen molar-refractivity contribution in [3.8, 4) is 0 Å². The predicted octanol–water partition coefficient (Wildman–Crippen LogP) is 19.0. The van der Waals surface area contributed by atoms with Crippen molar-refractivity contribution < 1.29 is 23.8 Å². The highest BCUT2D eigenvalue weighted by molar-refractivity contribution is 5.70. The van der Waals surface area contributed by atoms with Crippen LogP contribution in [0.5, 0.6) is 0 Å². The van der Waals surface area contributed by atoms with Gasteiger partial charge in [-0.05, 0) is 89.9 Å². The first kappa shape index (κ1) is 62.8. The second-order valence-electron chi connectivity index (χ2n) is 18.1. The summed E-state index contributed by atoms with van der Waals surface area (Å²) in [7, 11) is 0. The molecular weight excluding hydrogens is 813 g/mol. The molecule has 0 aromatic heterocycles. The number of unbranched alkanes of at least 4 members (excludes halogenated alkanes) is 23. The molecule has 0 spiro atoms. The van der Waals surface area contributed by atoms with Gasteiger partial charge in [-0.25, -0.2) is 0 Å². The molecule has 5 heteroatoms. The van der Waals surface area contributed by atoms with Crippen LogP contribution in [0.1, 0.15) is 252 Å². The summed E-state index contributed by atoms with van der Waals surface area (Å²) in [6, 6.07) is 0. The molecule has 1 atom stereocenters. The molecule has 0 N–H and O–H groups in total. The van der Waals surface area contributed by atoms with Gasteiger partial charge in [0.25, 0.3) is 0 Å². The molecule has 0 fully saturated rings. The Bertz CT molecular complexity index is 1270. The van der Waals surface area contributed by atoms with E-state index in [4.69, 9.17) is 14.2 Å². The molecular formula is C61H104O5. The van der Waals surface area contributed by atoms with E-state index in [2.05, 4.69) is 118 Å². The molecule has 0 amide bonds. The molecule has 66 heavy (non-hydrogen) atoms. The van der Waals surface area contributed by atoms with Gasteiger partial charge >= 0.3 is 11.9 Å². The Morgan fingerprint density at radius 3 is 1.14 bits per heavy atom. The van der Waals surface area contributed by atoms with Crippen molar-refractivity contribution in [2.24, 2.45) is 0 Å². The van der Waals surface area contributed by atoms with Crippen LogP contribution in [0.25, 0.3) is 0 Å². The van der Waals surface area contributed by atoms with Crippen LogP contribution in [-0.2, 0) is 23.8 Å². The lowest BCUT2D eigenvalue weighted by Gasteiger charge is -2.18. The molecule has 0 heterocycles. The standard InChI is InChI=1S/C61H104O5/c1-4-7-10-13-16-19-22-25-28-30-32-35-38-41-44-47-50-53-56-64-57-59(66-61(63)55-52-49-46-43-40-37-33-27-24-21-18-15-12-9-6-3)58-65-60(62)54-51-48-45-42-39-36-34-31-29-26-23-20-17-14-11-8-5-2/h8-9,11-12,17-18,20-21,26-27,29,33-34,36,42,45,59H,4-7,10,13-16,19,22-25,28,30-32,35,37-41,43-44,46-58H2,1-3H3/b11-8-,12-9-,20-17-,21-18-,29-26-,33-27-,36-34-,45-42-. The summed E-state index contributed by atoms with van der Waals surface area (Å²) >= 11 is 0. The number of carbonyl (C=O) groups is 2. The van der Waals surface area contributed by atoms with Gasteiger partial charge in [0.2, 0.25) is 0 Å². The number of rotatable bonds is 50. The number of hydrogen-bond acceptors (Lipinski definition) is 5. The van der Waals surface area contributed by atoms with Crippen LogP contribution in [0, 0.1) is 0 Å². The number of ether oxygens (including phenoxy) is 3. The minimum absolute atomic E-state index is 0.0462. The molecule has 0 radical (unpaired) electrons. The van der Waals surface area contributed by atoms with E-state index in [1.807, 2.05) is 0 Å². The molecule has 378 valence electrons. The number of carbonyl (C=O) groups excluding carboxylic acids is 2. The molecule has 0 aliphatic heterocycles. The highest BCUT2D eigenvalue weighted by Crippen LogP contribution is 2.15. The summed E-state index contributed by atoms with van der Waals surface area (Å²) in [5, 5.41) is 0. The molecule has 1 unspecified atom stereocenters. The van der Waals surface area contributed by atoms with Gasteiger partial charge in [-0.15, -0.1) is 0 Å². The summed E-state index contributed by atoms with van der Waals surface area (Å²) in [5.41, 5.74) is 0. The average Bonchev–Trinajstić information content (AvgIpc) is 3.32. The Kier molecular flexibility index (Phi) is 53.4. The van der Waals surface area contributed by atoms with Gasteiger partial charge in [0.15, 0.2) is 6.10 Å². The largest absolute Gasteiger partial charge is 0.462 e. The number of hydrogen-bond donors (Lipinski definition) is 0. The zero-order chi connectivity index (χ0) is 47.7. The highest BCUT2D eigenvalue weighted by Gasteiger charge is 2.17. The van der Waals surface area contributed by atoms with E-state index >= 15 is 0 Å². The third-order valence-corrected chi connectivity index (χ3v) is 11.6. The molecule has 0 bridgehead atoms. The van der Waals surface area contributed by atoms with Crippen molar-refractivity contribution in [2.45, 2.75) is 258 Å². The van der Waals surface area contributed by atoms with Crippen LogP contribution in [0.4, 0.5) is 0 Å². The number of allylic oxidation sites excluding steroid dienone is 16. The van der Waals surface area contributed by atoms with Gasteiger partial charge in [0.1, 0.15) is 6.61 Å². The van der Waals surface area contributed by atoms with Crippen LogP contribution in [-0.4, -0.2) is 37.9 Å². The number of esters is 2. The van der Waals surface area contributed by atoms with Crippen LogP contribution >= 0.6 is 0 Å². The molecule has 0 saturated carbocycles. The minimum Gasteiger partial charge on any atom is -0.462 e. The fraction of sp³-hybridized carbons (Fsp3) is 0.705. The fourth-order valence-corrected chi connectivity index (χ4v) is 7.56. The van der Waals surface area contributed by atoms with E-state index in [0.29, 0.717) is 19.4 Å². The van der Waals surface area contributed by atoms with Crippen LogP contribution in [0.3, 0.4) is 0 Å². The van der Waals surface area contributed by atoms with E-state index in [1.165, 1.54) is 116 Å². The van der Waals surface area contributed by atoms with E-state index in [0.717, 1.165) is 103 Å². The van der Waals surface area contributed by atoms with Crippen LogP contribution in [0.15, 0.2) is 97.2 Å². The maximum absolute atomic E-state index is 12.8. The summed E-state index contributed by atoms with van der Waals surface area (Å²) in [6.45, 7) is 7.55. The lowest BCUT2D eigenvalue weighted by atomic mass is 10.0. The van der Waals surface area contributed by atoms with Crippen molar-refractivity contribution in [3.05, 3.63) is 97.2 Å². The van der Waals surface area contributed by atoms with Crippen LogP contribution < -0.4 is 0 Å². The van der Waals surface area contributed by atoms with E-state index in [9.17, 15) is 9.59 Å². The van der Waals surface area contributed by atoms with Crippen molar-refractivity contribution >= 4 is 11.9 Å². The zero-order valence-corrected chi connectivity index (χ0v) is 43.4. The predicted molar refractivity (Wildman–Crippen MR) is 288 cm³/mol. The maximum Gasteiger partial charge on any atom is 0.306 e. The lowest BCUT2D eigenvalue weighted by Crippen LogP contribution is -2.30. The Balaban J connectivity index is 4.37. The SMILES string of the molecule is CC/C=C\C/C=C\C/C=C\C/C=C\C/C=C\CCCC(=O)OCC(COCCCCCCCCCCCCCCCCCCCC)OC(=O)CCCCCCC/C=C\C/C=C\C/C=C\CC. The summed E-state index contributed by atoms with van der Waals surface area (Å²) in [4.78, 5) is 25.4. The van der Waals surface area contributed by atoms with Gasteiger partial charge in [0.05, 0.1) is 6.61 Å². The highest BCUT2D eigenvalue weighted by atomic mass is 16.6. The van der Waals surface area contributed by atoms with Gasteiger partial charge in [-0.1, -0.05) is 246 Å². The average molecular weight is 917 g/mol. The second-order valence-corrected chi connectivity index (χ2v) is 18.1. The molecule has 0 rings (SSSR count). The summed E-state index contributed by atoms with van der Waals surface area (Å²) < 4.78 is 17.4. The summed E-state index contributed by atoms with van der Waals surface area (Å²) in [5.74, 6) is -0.481. The van der Waals surface area contributed by atoms with Crippen molar-refractivity contribution in [3.63, 3.8) is 0 Å². The smallest absolute Gasteiger partial charge is 0.306 e. The Morgan fingerprint density at radius 1 is 0.348 bits per heavy atom. The van der Waals surface area contributed by atoms with Gasteiger partial charge in [-0.2, -0.15) is 0 Å². The summed E-state index contributed by atoms with van der Waals surface area (Å²) in [6.07, 6.45) is 75.8. The monoisotopic (exact) mass is 917 g/mol. The first-order valence-corrected chi connectivity index (χ1v) is 27.8. The Labute approximate surface area is 409 Å². The quantitative estimate of drug-likeness (QED) is 0.0346. The van der Waals surface area contributed by atoms with Crippen molar-refractivity contribution in [1.82, 2.24) is 0 Å². The fourth-order valence-electron chi connectivity index (χ4n) is 7.56. The third kappa shape index (κ3) is 53.4. The second kappa shape index (κ2) is 56.1. The van der Waals surface area contributed by atoms with E-state index in [1.54, 1.807) is 0 Å². The van der Waals surface area contributed by atoms with E-state index in [-0.39, 0.29) is 25.2 Å². The van der Waals surface area contributed by atoms with Crippen LogP contribution in [0.2, 0.25) is 0 Å². The van der Waals surface area contributed by atoms with Gasteiger partial charge < -0.3 is 14.2 Å². The van der Waals surface area contributed by atoms with Crippen molar-refractivity contribution in [1.29, 1.82) is 0 Å². The molecule has 0 aliphatic carbocycles. The molecule has 5 nitrogen and oxygen atoms in total. The minimum atomic E-state index is -0.572. The normalized spacial score (nSPS) is 13.0. The Morgan fingerprint density at radius 2 is 0.697 bits per heavy atom. The lowest BCUT2D eigenvalue weighted by molar-refractivity contribution is -0.163. The maximum atomic E-state index is 12.8.